The fourth-order valence-corrected chi connectivity index (χ4v) is 2.17. The van der Waals surface area contributed by atoms with E-state index in [1.54, 1.807) is 0 Å². The molecule has 2 aliphatic rings. The number of likely N-dealkylation sites (tertiary alicyclic amines) is 1. The van der Waals surface area contributed by atoms with Crippen LogP contribution in [0.2, 0.25) is 0 Å². The van der Waals surface area contributed by atoms with E-state index in [0.717, 1.165) is 6.54 Å². The van der Waals surface area contributed by atoms with Gasteiger partial charge in [0.1, 0.15) is 0 Å². The summed E-state index contributed by atoms with van der Waals surface area (Å²) < 4.78 is 5.30. The second-order valence-electron chi connectivity index (χ2n) is 4.59. The molecule has 2 amide bonds. The second-order valence-corrected chi connectivity index (χ2v) is 4.59. The number of carbonyl (C=O) groups excluding carboxylic acids is 2. The van der Waals surface area contributed by atoms with Crippen LogP contribution in [0.4, 0.5) is 0 Å². The molecule has 5 heteroatoms. The zero-order valence-corrected chi connectivity index (χ0v) is 9.73. The number of imide groups is 1. The zero-order chi connectivity index (χ0) is 11.7. The van der Waals surface area contributed by atoms with Crippen LogP contribution in [0.15, 0.2) is 0 Å². The largest absolute Gasteiger partial charge is 0.378 e. The van der Waals surface area contributed by atoms with Gasteiger partial charge in [0.2, 0.25) is 11.8 Å². The van der Waals surface area contributed by atoms with Crippen LogP contribution in [-0.2, 0) is 14.3 Å². The van der Waals surface area contributed by atoms with Crippen LogP contribution in [0.25, 0.3) is 0 Å². The molecule has 1 N–H and O–H groups in total. The van der Waals surface area contributed by atoms with Crippen LogP contribution in [0.5, 0.6) is 0 Å². The first-order valence-corrected chi connectivity index (χ1v) is 5.77. The second kappa shape index (κ2) is 4.51. The first-order chi connectivity index (χ1) is 7.61. The summed E-state index contributed by atoms with van der Waals surface area (Å²) >= 11 is 0. The molecule has 0 aliphatic carbocycles. The van der Waals surface area contributed by atoms with Gasteiger partial charge in [-0.15, -0.1) is 0 Å². The van der Waals surface area contributed by atoms with Crippen molar-refractivity contribution in [3.05, 3.63) is 0 Å². The van der Waals surface area contributed by atoms with E-state index < -0.39 is 0 Å². The standard InChI is InChI=1S/C11H18N2O3/c1-7-8(2)11(15)13(10(7)14)5-9-6-16-4-3-12-9/h7-9,12H,3-6H2,1-2H3. The first-order valence-electron chi connectivity index (χ1n) is 5.77. The third kappa shape index (κ3) is 1.97. The molecule has 3 atom stereocenters. The predicted molar refractivity (Wildman–Crippen MR) is 57.7 cm³/mol. The van der Waals surface area contributed by atoms with Gasteiger partial charge in [-0.1, -0.05) is 13.8 Å². The molecule has 0 radical (unpaired) electrons. The summed E-state index contributed by atoms with van der Waals surface area (Å²) in [5.41, 5.74) is 0. The van der Waals surface area contributed by atoms with Gasteiger partial charge in [0.15, 0.2) is 0 Å². The van der Waals surface area contributed by atoms with Crippen molar-refractivity contribution < 1.29 is 14.3 Å². The molecule has 0 aromatic rings. The van der Waals surface area contributed by atoms with E-state index in [4.69, 9.17) is 4.74 Å². The minimum absolute atomic E-state index is 0.0510. The lowest BCUT2D eigenvalue weighted by Crippen LogP contribution is -2.50. The number of carbonyl (C=O) groups is 2. The van der Waals surface area contributed by atoms with Gasteiger partial charge in [-0.3, -0.25) is 14.5 Å². The van der Waals surface area contributed by atoms with Gasteiger partial charge >= 0.3 is 0 Å². The van der Waals surface area contributed by atoms with Crippen LogP contribution in [-0.4, -0.2) is 49.1 Å². The fraction of sp³-hybridized carbons (Fsp3) is 0.818. The summed E-state index contributed by atoms with van der Waals surface area (Å²) in [6.45, 7) is 6.12. The highest BCUT2D eigenvalue weighted by atomic mass is 16.5. The van der Waals surface area contributed by atoms with Gasteiger partial charge in [0.25, 0.3) is 0 Å². The van der Waals surface area contributed by atoms with Crippen LogP contribution < -0.4 is 5.32 Å². The molecule has 2 rings (SSSR count). The number of nitrogens with one attached hydrogen (secondary N) is 1. The third-order valence-electron chi connectivity index (χ3n) is 3.46. The van der Waals surface area contributed by atoms with E-state index in [-0.39, 0.29) is 29.7 Å². The van der Waals surface area contributed by atoms with Crippen LogP contribution in [0.3, 0.4) is 0 Å². The van der Waals surface area contributed by atoms with Crippen molar-refractivity contribution in [2.75, 3.05) is 26.3 Å². The topological polar surface area (TPSA) is 58.6 Å². The number of rotatable bonds is 2. The quantitative estimate of drug-likeness (QED) is 0.652. The molecule has 0 bridgehead atoms. The van der Waals surface area contributed by atoms with E-state index >= 15 is 0 Å². The van der Waals surface area contributed by atoms with Crippen LogP contribution >= 0.6 is 0 Å². The van der Waals surface area contributed by atoms with Gasteiger partial charge < -0.3 is 10.1 Å². The van der Waals surface area contributed by atoms with Gasteiger partial charge in [0, 0.05) is 31.0 Å². The maximum absolute atomic E-state index is 11.8. The minimum Gasteiger partial charge on any atom is -0.378 e. The highest BCUT2D eigenvalue weighted by Crippen LogP contribution is 2.25. The Morgan fingerprint density at radius 2 is 1.94 bits per heavy atom. The Morgan fingerprint density at radius 1 is 1.31 bits per heavy atom. The molecule has 16 heavy (non-hydrogen) atoms. The molecule has 2 fully saturated rings. The van der Waals surface area contributed by atoms with Gasteiger partial charge in [-0.2, -0.15) is 0 Å². The summed E-state index contributed by atoms with van der Waals surface area (Å²) in [5, 5.41) is 3.25. The molecule has 5 nitrogen and oxygen atoms in total. The average Bonchev–Trinajstić information content (AvgIpc) is 2.48. The van der Waals surface area contributed by atoms with Gasteiger partial charge in [-0.25, -0.2) is 0 Å². The van der Waals surface area contributed by atoms with Crippen molar-refractivity contribution in [3.8, 4) is 0 Å². The first kappa shape index (κ1) is 11.5. The summed E-state index contributed by atoms with van der Waals surface area (Å²) in [5.74, 6) is -0.469. The maximum Gasteiger partial charge on any atom is 0.232 e. The molecule has 3 unspecified atom stereocenters. The average molecular weight is 226 g/mol. The molecule has 2 heterocycles. The number of nitrogens with zero attached hydrogens (tertiary/aromatic N) is 1. The summed E-state index contributed by atoms with van der Waals surface area (Å²) in [7, 11) is 0. The molecule has 0 saturated carbocycles. The summed E-state index contributed by atoms with van der Waals surface area (Å²) in [6, 6.07) is 0.0825. The number of amides is 2. The fourth-order valence-electron chi connectivity index (χ4n) is 2.17. The highest BCUT2D eigenvalue weighted by Gasteiger charge is 2.42. The summed E-state index contributed by atoms with van der Waals surface area (Å²) in [4.78, 5) is 25.0. The Morgan fingerprint density at radius 3 is 2.44 bits per heavy atom. The van der Waals surface area contributed by atoms with Crippen molar-refractivity contribution in [2.24, 2.45) is 11.8 Å². The molecular weight excluding hydrogens is 208 g/mol. The lowest BCUT2D eigenvalue weighted by Gasteiger charge is -2.27. The highest BCUT2D eigenvalue weighted by molar-refractivity contribution is 6.04. The number of morpholine rings is 1. The normalized spacial score (nSPS) is 35.9. The Labute approximate surface area is 95.1 Å². The number of ether oxygens (including phenoxy) is 1. The van der Waals surface area contributed by atoms with Crippen molar-refractivity contribution in [1.29, 1.82) is 0 Å². The van der Waals surface area contributed by atoms with Crippen LogP contribution in [0.1, 0.15) is 13.8 Å². The van der Waals surface area contributed by atoms with Crippen molar-refractivity contribution in [1.82, 2.24) is 10.2 Å². The number of hydrogen-bond acceptors (Lipinski definition) is 4. The SMILES string of the molecule is CC1C(=O)N(CC2COCCN2)C(=O)C1C. The summed E-state index contributed by atoms with van der Waals surface area (Å²) in [6.07, 6.45) is 0. The zero-order valence-electron chi connectivity index (χ0n) is 9.73. The molecular formula is C11H18N2O3. The lowest BCUT2D eigenvalue weighted by atomic mass is 10.00. The van der Waals surface area contributed by atoms with E-state index in [1.807, 2.05) is 13.8 Å². The Kier molecular flexibility index (Phi) is 3.25. The Bertz CT molecular complexity index is 280. The lowest BCUT2D eigenvalue weighted by molar-refractivity contribution is -0.140. The number of hydrogen-bond donors (Lipinski definition) is 1. The minimum atomic E-state index is -0.183. The maximum atomic E-state index is 11.8. The van der Waals surface area contributed by atoms with Crippen LogP contribution in [0, 0.1) is 11.8 Å². The Hall–Kier alpha value is -0.940. The third-order valence-corrected chi connectivity index (χ3v) is 3.46. The van der Waals surface area contributed by atoms with Gasteiger partial charge in [-0.05, 0) is 0 Å². The van der Waals surface area contributed by atoms with Crippen molar-refractivity contribution in [3.63, 3.8) is 0 Å². The van der Waals surface area contributed by atoms with Crippen molar-refractivity contribution >= 4 is 11.8 Å². The van der Waals surface area contributed by atoms with Crippen molar-refractivity contribution in [2.45, 2.75) is 19.9 Å². The molecule has 90 valence electrons. The van der Waals surface area contributed by atoms with E-state index in [0.29, 0.717) is 19.8 Å². The van der Waals surface area contributed by atoms with E-state index in [9.17, 15) is 9.59 Å². The molecule has 2 saturated heterocycles. The molecule has 2 aliphatic heterocycles. The molecule has 0 aromatic carbocycles. The monoisotopic (exact) mass is 226 g/mol. The smallest absolute Gasteiger partial charge is 0.232 e. The van der Waals surface area contributed by atoms with E-state index in [1.165, 1.54) is 4.90 Å². The predicted octanol–water partition coefficient (Wildman–Crippen LogP) is -0.384. The Balaban J connectivity index is 1.98. The van der Waals surface area contributed by atoms with Gasteiger partial charge in [0.05, 0.1) is 13.2 Å². The van der Waals surface area contributed by atoms with E-state index in [2.05, 4.69) is 5.32 Å². The molecule has 0 aromatic heterocycles. The molecule has 0 spiro atoms.